The average molecular weight is 283 g/mol. The molecular weight excluding hydrogens is 262 g/mol. The van der Waals surface area contributed by atoms with Crippen molar-refractivity contribution in [2.45, 2.75) is 31.7 Å². The Balaban J connectivity index is 1.99. The normalized spacial score (nSPS) is 19.5. The van der Waals surface area contributed by atoms with E-state index in [1.807, 2.05) is 35.2 Å². The van der Waals surface area contributed by atoms with Gasteiger partial charge in [0.15, 0.2) is 0 Å². The molecule has 1 aromatic carbocycles. The van der Waals surface area contributed by atoms with E-state index in [0.29, 0.717) is 6.54 Å². The Bertz CT molecular complexity index is 635. The summed E-state index contributed by atoms with van der Waals surface area (Å²) in [4.78, 5) is 19.3. The molecule has 21 heavy (non-hydrogen) atoms. The summed E-state index contributed by atoms with van der Waals surface area (Å²) in [6.07, 6.45) is 6.15. The number of hydrogen-bond donors (Lipinski definition) is 1. The van der Waals surface area contributed by atoms with Crippen LogP contribution >= 0.6 is 0 Å². The zero-order valence-electron chi connectivity index (χ0n) is 12.2. The van der Waals surface area contributed by atoms with Crippen molar-refractivity contribution in [3.63, 3.8) is 0 Å². The lowest BCUT2D eigenvalue weighted by Gasteiger charge is -2.29. The standard InChI is InChI=1S/C17H21N3O/c18-12-13-6-2-1-3-11-20(13)17(21)15-7-4-9-16-14(15)8-5-10-19-16/h4-5,7-10,13H,1-3,6,11-12,18H2. The highest BCUT2D eigenvalue weighted by Crippen LogP contribution is 2.22. The van der Waals surface area contributed by atoms with Crippen molar-refractivity contribution in [3.8, 4) is 0 Å². The molecule has 2 aromatic rings. The molecule has 3 rings (SSSR count). The number of carbonyl (C=O) groups is 1. The molecule has 0 saturated carbocycles. The highest BCUT2D eigenvalue weighted by molar-refractivity contribution is 6.06. The van der Waals surface area contributed by atoms with Crippen molar-refractivity contribution < 1.29 is 4.79 Å². The summed E-state index contributed by atoms with van der Waals surface area (Å²) in [5.74, 6) is 0.0888. The molecule has 1 aromatic heterocycles. The molecule has 0 bridgehead atoms. The SMILES string of the molecule is NCC1CCCCCN1C(=O)c1cccc2ncccc12. The summed E-state index contributed by atoms with van der Waals surface area (Å²) in [6, 6.07) is 9.73. The monoisotopic (exact) mass is 283 g/mol. The third kappa shape index (κ3) is 2.76. The number of fused-ring (bicyclic) bond motifs is 1. The minimum Gasteiger partial charge on any atom is -0.334 e. The highest BCUT2D eigenvalue weighted by Gasteiger charge is 2.26. The Morgan fingerprint density at radius 2 is 2.14 bits per heavy atom. The van der Waals surface area contributed by atoms with Crippen molar-refractivity contribution in [2.24, 2.45) is 5.73 Å². The minimum atomic E-state index is 0.0888. The van der Waals surface area contributed by atoms with Gasteiger partial charge in [-0.25, -0.2) is 0 Å². The molecule has 1 amide bonds. The van der Waals surface area contributed by atoms with E-state index in [1.54, 1.807) is 6.20 Å². The first-order valence-electron chi connectivity index (χ1n) is 7.66. The third-order valence-corrected chi connectivity index (χ3v) is 4.29. The molecule has 0 aliphatic carbocycles. The first-order valence-corrected chi connectivity index (χ1v) is 7.66. The van der Waals surface area contributed by atoms with Crippen LogP contribution in [0.25, 0.3) is 10.9 Å². The van der Waals surface area contributed by atoms with Gasteiger partial charge in [0, 0.05) is 36.3 Å². The zero-order chi connectivity index (χ0) is 14.7. The van der Waals surface area contributed by atoms with Crippen LogP contribution in [-0.2, 0) is 0 Å². The molecule has 4 nitrogen and oxygen atoms in total. The fourth-order valence-corrected chi connectivity index (χ4v) is 3.13. The average Bonchev–Trinajstić information content (AvgIpc) is 2.79. The number of amides is 1. The molecule has 2 heterocycles. The first kappa shape index (κ1) is 14.0. The van der Waals surface area contributed by atoms with Gasteiger partial charge >= 0.3 is 0 Å². The van der Waals surface area contributed by atoms with Crippen LogP contribution in [0.4, 0.5) is 0 Å². The second-order valence-corrected chi connectivity index (χ2v) is 5.61. The van der Waals surface area contributed by atoms with E-state index >= 15 is 0 Å². The van der Waals surface area contributed by atoms with Gasteiger partial charge < -0.3 is 10.6 Å². The van der Waals surface area contributed by atoms with Crippen molar-refractivity contribution in [1.82, 2.24) is 9.88 Å². The summed E-state index contributed by atoms with van der Waals surface area (Å²) in [7, 11) is 0. The quantitative estimate of drug-likeness (QED) is 0.921. The predicted octanol–water partition coefficient (Wildman–Crippen LogP) is 2.58. The van der Waals surface area contributed by atoms with Crippen molar-refractivity contribution in [1.29, 1.82) is 0 Å². The molecule has 0 spiro atoms. The molecule has 1 unspecified atom stereocenters. The zero-order valence-corrected chi connectivity index (χ0v) is 12.2. The molecular formula is C17H21N3O. The van der Waals surface area contributed by atoms with Crippen LogP contribution in [0, 0.1) is 0 Å². The second kappa shape index (κ2) is 6.22. The Labute approximate surface area is 125 Å². The van der Waals surface area contributed by atoms with E-state index < -0.39 is 0 Å². The number of nitrogens with two attached hydrogens (primary N) is 1. The number of pyridine rings is 1. The molecule has 1 aliphatic rings. The lowest BCUT2D eigenvalue weighted by atomic mass is 10.1. The largest absolute Gasteiger partial charge is 0.334 e. The van der Waals surface area contributed by atoms with Gasteiger partial charge in [-0.3, -0.25) is 9.78 Å². The molecule has 4 heteroatoms. The van der Waals surface area contributed by atoms with Gasteiger partial charge in [-0.1, -0.05) is 25.0 Å². The van der Waals surface area contributed by atoms with E-state index in [-0.39, 0.29) is 11.9 Å². The van der Waals surface area contributed by atoms with E-state index in [2.05, 4.69) is 4.98 Å². The van der Waals surface area contributed by atoms with E-state index in [9.17, 15) is 4.79 Å². The summed E-state index contributed by atoms with van der Waals surface area (Å²) in [5, 5.41) is 0.921. The summed E-state index contributed by atoms with van der Waals surface area (Å²) < 4.78 is 0. The smallest absolute Gasteiger partial charge is 0.254 e. The van der Waals surface area contributed by atoms with E-state index in [1.165, 1.54) is 6.42 Å². The van der Waals surface area contributed by atoms with E-state index in [4.69, 9.17) is 5.73 Å². The molecule has 110 valence electrons. The van der Waals surface area contributed by atoms with Gasteiger partial charge in [-0.15, -0.1) is 0 Å². The molecule has 1 atom stereocenters. The van der Waals surface area contributed by atoms with Crippen LogP contribution in [0.5, 0.6) is 0 Å². The lowest BCUT2D eigenvalue weighted by Crippen LogP contribution is -2.44. The minimum absolute atomic E-state index is 0.0888. The van der Waals surface area contributed by atoms with Crippen LogP contribution in [0.2, 0.25) is 0 Å². The van der Waals surface area contributed by atoms with Crippen LogP contribution in [0.1, 0.15) is 36.0 Å². The van der Waals surface area contributed by atoms with Crippen LogP contribution in [0.3, 0.4) is 0 Å². The van der Waals surface area contributed by atoms with Crippen molar-refractivity contribution in [2.75, 3.05) is 13.1 Å². The molecule has 2 N–H and O–H groups in total. The van der Waals surface area contributed by atoms with Gasteiger partial charge in [0.25, 0.3) is 5.91 Å². The maximum atomic E-state index is 13.0. The fraction of sp³-hybridized carbons (Fsp3) is 0.412. The Kier molecular flexibility index (Phi) is 4.15. The number of hydrogen-bond acceptors (Lipinski definition) is 3. The third-order valence-electron chi connectivity index (χ3n) is 4.29. The molecule has 1 fully saturated rings. The predicted molar refractivity (Wildman–Crippen MR) is 84.1 cm³/mol. The number of likely N-dealkylation sites (tertiary alicyclic amines) is 1. The Morgan fingerprint density at radius 1 is 1.24 bits per heavy atom. The summed E-state index contributed by atoms with van der Waals surface area (Å²) in [6.45, 7) is 1.34. The van der Waals surface area contributed by atoms with Gasteiger partial charge in [-0.2, -0.15) is 0 Å². The summed E-state index contributed by atoms with van der Waals surface area (Å²) >= 11 is 0. The molecule has 1 aliphatic heterocycles. The molecule has 1 saturated heterocycles. The number of carbonyl (C=O) groups excluding carboxylic acids is 1. The van der Waals surface area contributed by atoms with Crippen LogP contribution in [0.15, 0.2) is 36.5 Å². The van der Waals surface area contributed by atoms with Gasteiger partial charge in [0.2, 0.25) is 0 Å². The maximum absolute atomic E-state index is 13.0. The number of nitrogens with zero attached hydrogens (tertiary/aromatic N) is 2. The second-order valence-electron chi connectivity index (χ2n) is 5.61. The maximum Gasteiger partial charge on any atom is 0.254 e. The number of aromatic nitrogens is 1. The van der Waals surface area contributed by atoms with Crippen LogP contribution < -0.4 is 5.73 Å². The van der Waals surface area contributed by atoms with Gasteiger partial charge in [0.1, 0.15) is 0 Å². The van der Waals surface area contributed by atoms with Gasteiger partial charge in [-0.05, 0) is 31.0 Å². The highest BCUT2D eigenvalue weighted by atomic mass is 16.2. The topological polar surface area (TPSA) is 59.2 Å². The lowest BCUT2D eigenvalue weighted by molar-refractivity contribution is 0.0691. The van der Waals surface area contributed by atoms with Gasteiger partial charge in [0.05, 0.1) is 5.52 Å². The molecule has 0 radical (unpaired) electrons. The number of rotatable bonds is 2. The van der Waals surface area contributed by atoms with Crippen molar-refractivity contribution in [3.05, 3.63) is 42.1 Å². The van der Waals surface area contributed by atoms with Crippen LogP contribution in [-0.4, -0.2) is 34.9 Å². The fourth-order valence-electron chi connectivity index (χ4n) is 3.13. The Morgan fingerprint density at radius 3 is 3.00 bits per heavy atom. The summed E-state index contributed by atoms with van der Waals surface area (Å²) in [5.41, 5.74) is 7.49. The van der Waals surface area contributed by atoms with E-state index in [0.717, 1.165) is 42.3 Å². The number of benzene rings is 1. The van der Waals surface area contributed by atoms with Crippen molar-refractivity contribution >= 4 is 16.8 Å². The first-order chi connectivity index (χ1) is 10.3. The Hall–Kier alpha value is -1.94.